The van der Waals surface area contributed by atoms with Gasteiger partial charge < -0.3 is 15.3 Å². The second-order valence-electron chi connectivity index (χ2n) is 4.69. The van der Waals surface area contributed by atoms with Crippen LogP contribution < -0.4 is 10.1 Å². The van der Waals surface area contributed by atoms with Gasteiger partial charge >= 0.3 is 0 Å². The summed E-state index contributed by atoms with van der Waals surface area (Å²) >= 11 is 0. The summed E-state index contributed by atoms with van der Waals surface area (Å²) in [5.41, 5.74) is 1.97. The zero-order chi connectivity index (χ0) is 15.8. The molecule has 0 heterocycles. The highest BCUT2D eigenvalue weighted by molar-refractivity contribution is 6.03. The summed E-state index contributed by atoms with van der Waals surface area (Å²) in [4.78, 5) is 11.9. The number of hydrogen-bond acceptors (Lipinski definition) is 4. The number of methoxy groups -OCH3 is 1. The monoisotopic (exact) mass is 298 g/mol. The maximum absolute atomic E-state index is 11.9. The van der Waals surface area contributed by atoms with Gasteiger partial charge in [0.1, 0.15) is 5.75 Å². The Hall–Kier alpha value is -2.82. The Kier molecular flexibility index (Phi) is 5.54. The van der Waals surface area contributed by atoms with Crippen LogP contribution in [0.5, 0.6) is 5.75 Å². The van der Waals surface area contributed by atoms with E-state index in [0.29, 0.717) is 12.1 Å². The largest absolute Gasteiger partial charge is 0.497 e. The molecule has 2 aromatic carbocycles. The molecule has 0 fully saturated rings. The molecule has 2 aromatic rings. The molecule has 22 heavy (non-hydrogen) atoms. The predicted octanol–water partition coefficient (Wildman–Crippen LogP) is 3.29. The van der Waals surface area contributed by atoms with Crippen molar-refractivity contribution >= 4 is 17.3 Å². The van der Waals surface area contributed by atoms with E-state index in [0.717, 1.165) is 17.0 Å². The summed E-state index contributed by atoms with van der Waals surface area (Å²) in [5.74, 6) is 0.601. The molecule has 2 rings (SSSR count). The van der Waals surface area contributed by atoms with Gasteiger partial charge in [-0.2, -0.15) is 0 Å². The van der Waals surface area contributed by atoms with Gasteiger partial charge in [0, 0.05) is 18.5 Å². The molecular formula is C17H18N2O3. The van der Waals surface area contributed by atoms with E-state index < -0.39 is 0 Å². The molecule has 2 N–H and O–H groups in total. The first-order chi connectivity index (χ1) is 10.7. The normalized spacial score (nSPS) is 11.0. The first kappa shape index (κ1) is 15.6. The number of hydrogen-bond donors (Lipinski definition) is 2. The fourth-order valence-corrected chi connectivity index (χ4v) is 2.01. The number of carbonyl (C=O) groups is 1. The van der Waals surface area contributed by atoms with Crippen LogP contribution in [-0.2, 0) is 4.79 Å². The number of carbonyl (C=O) groups excluding carboxylic acids is 1. The summed E-state index contributed by atoms with van der Waals surface area (Å²) in [6.45, 7) is 0. The number of anilines is 1. The fraction of sp³-hybridized carbons (Fsp3) is 0.176. The number of nitrogens with one attached hydrogen (secondary N) is 1. The van der Waals surface area contributed by atoms with Crippen LogP contribution in [0.15, 0.2) is 59.8 Å². The third-order valence-corrected chi connectivity index (χ3v) is 3.19. The van der Waals surface area contributed by atoms with Crippen LogP contribution in [0.4, 0.5) is 5.69 Å². The molecule has 0 bridgehead atoms. The molecule has 0 aromatic heterocycles. The minimum atomic E-state index is -0.124. The van der Waals surface area contributed by atoms with Crippen LogP contribution in [0.25, 0.3) is 0 Å². The van der Waals surface area contributed by atoms with Crippen molar-refractivity contribution in [3.05, 3.63) is 60.2 Å². The van der Waals surface area contributed by atoms with Crippen molar-refractivity contribution in [2.75, 3.05) is 12.4 Å². The molecule has 0 unspecified atom stereocenters. The maximum Gasteiger partial charge on any atom is 0.224 e. The van der Waals surface area contributed by atoms with Gasteiger partial charge in [-0.1, -0.05) is 23.4 Å². The average molecular weight is 298 g/mol. The quantitative estimate of drug-likeness (QED) is 0.488. The first-order valence-electron chi connectivity index (χ1n) is 6.93. The van der Waals surface area contributed by atoms with E-state index >= 15 is 0 Å². The van der Waals surface area contributed by atoms with E-state index in [-0.39, 0.29) is 12.3 Å². The van der Waals surface area contributed by atoms with Crippen molar-refractivity contribution in [2.24, 2.45) is 5.16 Å². The third kappa shape index (κ3) is 4.34. The highest BCUT2D eigenvalue weighted by Gasteiger charge is 2.09. The lowest BCUT2D eigenvalue weighted by molar-refractivity contribution is -0.116. The van der Waals surface area contributed by atoms with Crippen molar-refractivity contribution in [1.82, 2.24) is 0 Å². The van der Waals surface area contributed by atoms with E-state index in [1.54, 1.807) is 31.4 Å². The number of nitrogens with zero attached hydrogens (tertiary/aromatic N) is 1. The van der Waals surface area contributed by atoms with Gasteiger partial charge in [-0.15, -0.1) is 0 Å². The summed E-state index contributed by atoms with van der Waals surface area (Å²) < 4.78 is 5.08. The first-order valence-corrected chi connectivity index (χ1v) is 6.93. The van der Waals surface area contributed by atoms with Crippen LogP contribution in [0, 0.1) is 0 Å². The molecule has 0 atom stereocenters. The van der Waals surface area contributed by atoms with Gasteiger partial charge in [0.05, 0.1) is 12.8 Å². The average Bonchev–Trinajstić information content (AvgIpc) is 2.57. The topological polar surface area (TPSA) is 70.9 Å². The number of oxime groups is 1. The number of benzene rings is 2. The molecular weight excluding hydrogens is 280 g/mol. The molecule has 0 saturated carbocycles. The predicted molar refractivity (Wildman–Crippen MR) is 85.6 cm³/mol. The van der Waals surface area contributed by atoms with Crippen LogP contribution in [0.1, 0.15) is 18.4 Å². The van der Waals surface area contributed by atoms with Gasteiger partial charge in [-0.25, -0.2) is 0 Å². The summed E-state index contributed by atoms with van der Waals surface area (Å²) in [7, 11) is 1.59. The van der Waals surface area contributed by atoms with Crippen LogP contribution >= 0.6 is 0 Å². The van der Waals surface area contributed by atoms with Gasteiger partial charge in [-0.05, 0) is 42.0 Å². The zero-order valence-electron chi connectivity index (χ0n) is 12.3. The fourth-order valence-electron chi connectivity index (χ4n) is 2.01. The highest BCUT2D eigenvalue weighted by atomic mass is 16.5. The van der Waals surface area contributed by atoms with E-state index in [2.05, 4.69) is 10.5 Å². The molecule has 0 aliphatic heterocycles. The van der Waals surface area contributed by atoms with Gasteiger partial charge in [0.15, 0.2) is 0 Å². The van der Waals surface area contributed by atoms with Crippen molar-refractivity contribution in [2.45, 2.75) is 12.8 Å². The SMILES string of the molecule is COc1ccc(/C(CCC(=O)Nc2ccccc2)=N/O)cc1. The van der Waals surface area contributed by atoms with E-state index in [1.165, 1.54) is 0 Å². The van der Waals surface area contributed by atoms with Crippen LogP contribution in [0.2, 0.25) is 0 Å². The number of rotatable bonds is 6. The van der Waals surface area contributed by atoms with Crippen LogP contribution in [-0.4, -0.2) is 23.9 Å². The smallest absolute Gasteiger partial charge is 0.224 e. The Morgan fingerprint density at radius 3 is 2.36 bits per heavy atom. The molecule has 0 aliphatic rings. The minimum Gasteiger partial charge on any atom is -0.497 e. The van der Waals surface area contributed by atoms with Crippen molar-refractivity contribution < 1.29 is 14.7 Å². The molecule has 0 saturated heterocycles. The van der Waals surface area contributed by atoms with Crippen molar-refractivity contribution in [3.63, 3.8) is 0 Å². The van der Waals surface area contributed by atoms with Gasteiger partial charge in [0.2, 0.25) is 5.91 Å². The lowest BCUT2D eigenvalue weighted by Crippen LogP contribution is -2.13. The Morgan fingerprint density at radius 2 is 1.77 bits per heavy atom. The number of amides is 1. The number of ether oxygens (including phenoxy) is 1. The van der Waals surface area contributed by atoms with Crippen LogP contribution in [0.3, 0.4) is 0 Å². The molecule has 0 radical (unpaired) electrons. The molecule has 5 heteroatoms. The van der Waals surface area contributed by atoms with Crippen molar-refractivity contribution in [3.8, 4) is 5.75 Å². The van der Waals surface area contributed by atoms with Crippen molar-refractivity contribution in [1.29, 1.82) is 0 Å². The molecule has 1 amide bonds. The zero-order valence-corrected chi connectivity index (χ0v) is 12.3. The Morgan fingerprint density at radius 1 is 1.09 bits per heavy atom. The Balaban J connectivity index is 1.92. The van der Waals surface area contributed by atoms with Gasteiger partial charge in [0.25, 0.3) is 0 Å². The minimum absolute atomic E-state index is 0.124. The molecule has 5 nitrogen and oxygen atoms in total. The van der Waals surface area contributed by atoms with Gasteiger partial charge in [-0.3, -0.25) is 4.79 Å². The maximum atomic E-state index is 11.9. The molecule has 0 aliphatic carbocycles. The summed E-state index contributed by atoms with van der Waals surface area (Å²) in [5, 5.41) is 15.2. The second-order valence-corrected chi connectivity index (χ2v) is 4.69. The van der Waals surface area contributed by atoms with E-state index in [9.17, 15) is 4.79 Å². The van der Waals surface area contributed by atoms with E-state index in [1.807, 2.05) is 30.3 Å². The highest BCUT2D eigenvalue weighted by Crippen LogP contribution is 2.14. The summed E-state index contributed by atoms with van der Waals surface area (Å²) in [6, 6.07) is 16.4. The number of para-hydroxylation sites is 1. The molecule has 114 valence electrons. The Bertz CT molecular complexity index is 637. The second kappa shape index (κ2) is 7.83. The molecule has 0 spiro atoms. The van der Waals surface area contributed by atoms with E-state index in [4.69, 9.17) is 9.94 Å². The summed E-state index contributed by atoms with van der Waals surface area (Å²) in [6.07, 6.45) is 0.585. The lowest BCUT2D eigenvalue weighted by Gasteiger charge is -2.07. The lowest BCUT2D eigenvalue weighted by atomic mass is 10.1. The standard InChI is InChI=1S/C17H18N2O3/c1-22-15-9-7-13(8-10-15)16(19-21)11-12-17(20)18-14-5-3-2-4-6-14/h2-10,21H,11-12H2,1H3,(H,18,20)/b19-16+. The third-order valence-electron chi connectivity index (χ3n) is 3.19. The Labute approximate surface area is 129 Å².